The molecule has 0 bridgehead atoms. The van der Waals surface area contributed by atoms with E-state index >= 15 is 0 Å². The van der Waals surface area contributed by atoms with Gasteiger partial charge in [-0.1, -0.05) is 0 Å². The van der Waals surface area contributed by atoms with Crippen molar-refractivity contribution < 1.29 is 22.6 Å². The molecule has 0 aromatic carbocycles. The van der Waals surface area contributed by atoms with Gasteiger partial charge in [0.25, 0.3) is 0 Å². The second-order valence-electron chi connectivity index (χ2n) is 6.57. The summed E-state index contributed by atoms with van der Waals surface area (Å²) in [4.78, 5) is 13.7. The van der Waals surface area contributed by atoms with E-state index in [1.165, 1.54) is 0 Å². The average Bonchev–Trinajstić information content (AvgIpc) is 2.71. The zero-order valence-corrected chi connectivity index (χ0v) is 19.6. The molecular weight excluding hydrogens is 516 g/mol. The molecule has 8 nitrogen and oxygen atoms in total. The number of rotatable bonds is 9. The molecule has 1 aromatic heterocycles. The van der Waals surface area contributed by atoms with Crippen LogP contribution in [0, 0.1) is 0 Å². The van der Waals surface area contributed by atoms with Crippen molar-refractivity contribution in [1.29, 1.82) is 0 Å². The summed E-state index contributed by atoms with van der Waals surface area (Å²) in [7, 11) is 3.39. The monoisotopic (exact) mass is 546 g/mol. The SMILES string of the molecule is CN=C(NCCNc1nccc(C(F)(F)F)n1)N1CCC(OCCCOC)CC1.I. The minimum absolute atomic E-state index is 0. The predicted molar refractivity (Wildman–Crippen MR) is 119 cm³/mol. The molecule has 0 amide bonds. The van der Waals surface area contributed by atoms with E-state index in [2.05, 4.69) is 30.5 Å². The van der Waals surface area contributed by atoms with Crippen molar-refractivity contribution in [3.63, 3.8) is 0 Å². The Kier molecular flexibility index (Phi) is 12.3. The summed E-state index contributed by atoms with van der Waals surface area (Å²) in [5, 5.41) is 6.00. The van der Waals surface area contributed by atoms with Crippen molar-refractivity contribution >= 4 is 35.9 Å². The Morgan fingerprint density at radius 1 is 1.27 bits per heavy atom. The van der Waals surface area contributed by atoms with Crippen LogP contribution in [0.2, 0.25) is 0 Å². The fraction of sp³-hybridized carbons (Fsp3) is 0.722. The first-order valence-corrected chi connectivity index (χ1v) is 9.64. The molecule has 0 spiro atoms. The maximum Gasteiger partial charge on any atom is 0.433 e. The van der Waals surface area contributed by atoms with Gasteiger partial charge in [-0.05, 0) is 25.3 Å². The van der Waals surface area contributed by atoms with E-state index in [-0.39, 0.29) is 36.0 Å². The van der Waals surface area contributed by atoms with Gasteiger partial charge < -0.3 is 25.0 Å². The number of hydrogen-bond acceptors (Lipinski definition) is 6. The Morgan fingerprint density at radius 3 is 2.63 bits per heavy atom. The Bertz CT molecular complexity index is 643. The second kappa shape index (κ2) is 13.8. The Morgan fingerprint density at radius 2 is 2.00 bits per heavy atom. The number of nitrogens with zero attached hydrogens (tertiary/aromatic N) is 4. The number of aliphatic imine (C=N–C) groups is 1. The van der Waals surface area contributed by atoms with Gasteiger partial charge in [0.05, 0.1) is 6.10 Å². The van der Waals surface area contributed by atoms with Crippen LogP contribution in [-0.4, -0.2) is 80.5 Å². The number of likely N-dealkylation sites (tertiary alicyclic amines) is 1. The van der Waals surface area contributed by atoms with Gasteiger partial charge in [-0.2, -0.15) is 13.2 Å². The number of ether oxygens (including phenoxy) is 2. The zero-order chi connectivity index (χ0) is 21.1. The van der Waals surface area contributed by atoms with Crippen molar-refractivity contribution in [2.75, 3.05) is 58.9 Å². The molecule has 0 aliphatic carbocycles. The van der Waals surface area contributed by atoms with E-state index in [4.69, 9.17) is 9.47 Å². The quantitative estimate of drug-likeness (QED) is 0.213. The number of guanidine groups is 1. The van der Waals surface area contributed by atoms with Crippen LogP contribution in [0.5, 0.6) is 0 Å². The van der Waals surface area contributed by atoms with Crippen LogP contribution in [0.4, 0.5) is 19.1 Å². The highest BCUT2D eigenvalue weighted by molar-refractivity contribution is 14.0. The van der Waals surface area contributed by atoms with Crippen molar-refractivity contribution in [1.82, 2.24) is 20.2 Å². The minimum Gasteiger partial charge on any atom is -0.385 e. The van der Waals surface area contributed by atoms with Crippen LogP contribution < -0.4 is 10.6 Å². The molecule has 2 rings (SSSR count). The lowest BCUT2D eigenvalue weighted by Gasteiger charge is -2.34. The van der Waals surface area contributed by atoms with Gasteiger partial charge in [0.1, 0.15) is 5.69 Å². The lowest BCUT2D eigenvalue weighted by Crippen LogP contribution is -2.48. The van der Waals surface area contributed by atoms with Crippen molar-refractivity contribution in [2.24, 2.45) is 4.99 Å². The highest BCUT2D eigenvalue weighted by Crippen LogP contribution is 2.27. The van der Waals surface area contributed by atoms with Crippen LogP contribution in [-0.2, 0) is 15.7 Å². The van der Waals surface area contributed by atoms with Crippen LogP contribution in [0.1, 0.15) is 25.0 Å². The maximum absolute atomic E-state index is 12.7. The summed E-state index contributed by atoms with van der Waals surface area (Å²) in [5.74, 6) is 0.706. The predicted octanol–water partition coefficient (Wildman–Crippen LogP) is 2.62. The van der Waals surface area contributed by atoms with Gasteiger partial charge >= 0.3 is 6.18 Å². The Balaban J connectivity index is 0.00000450. The first-order valence-electron chi connectivity index (χ1n) is 9.64. The molecule has 2 N–H and O–H groups in total. The Labute approximate surface area is 192 Å². The first-order chi connectivity index (χ1) is 13.9. The van der Waals surface area contributed by atoms with Crippen molar-refractivity contribution in [3.05, 3.63) is 18.0 Å². The molecule has 2 heterocycles. The van der Waals surface area contributed by atoms with Gasteiger partial charge in [0.15, 0.2) is 5.96 Å². The number of piperidine rings is 1. The molecule has 0 radical (unpaired) electrons. The Hall–Kier alpha value is -1.41. The average molecular weight is 546 g/mol. The van der Waals surface area contributed by atoms with Crippen molar-refractivity contribution in [3.8, 4) is 0 Å². The topological polar surface area (TPSA) is 83.9 Å². The molecule has 172 valence electrons. The van der Waals surface area contributed by atoms with E-state index in [1.807, 2.05) is 0 Å². The second-order valence-corrected chi connectivity index (χ2v) is 6.57. The first kappa shape index (κ1) is 26.6. The van der Waals surface area contributed by atoms with E-state index in [9.17, 15) is 13.2 Å². The highest BCUT2D eigenvalue weighted by Gasteiger charge is 2.32. The number of nitrogens with one attached hydrogen (secondary N) is 2. The number of methoxy groups -OCH3 is 1. The van der Waals surface area contributed by atoms with Gasteiger partial charge in [-0.15, -0.1) is 24.0 Å². The fourth-order valence-electron chi connectivity index (χ4n) is 2.97. The highest BCUT2D eigenvalue weighted by atomic mass is 127. The smallest absolute Gasteiger partial charge is 0.385 e. The van der Waals surface area contributed by atoms with Gasteiger partial charge in [-0.25, -0.2) is 9.97 Å². The number of aromatic nitrogens is 2. The van der Waals surface area contributed by atoms with E-state index in [0.29, 0.717) is 26.3 Å². The van der Waals surface area contributed by atoms with Crippen LogP contribution in [0.15, 0.2) is 17.3 Å². The summed E-state index contributed by atoms with van der Waals surface area (Å²) in [5.41, 5.74) is -0.967. The van der Waals surface area contributed by atoms with Gasteiger partial charge in [0.2, 0.25) is 5.95 Å². The minimum atomic E-state index is -4.49. The molecule has 30 heavy (non-hydrogen) atoms. The zero-order valence-electron chi connectivity index (χ0n) is 17.2. The molecule has 0 unspecified atom stereocenters. The third-order valence-corrected chi connectivity index (χ3v) is 4.44. The number of halogens is 4. The van der Waals surface area contributed by atoms with Crippen LogP contribution in [0.25, 0.3) is 0 Å². The molecule has 1 aliphatic heterocycles. The summed E-state index contributed by atoms with van der Waals surface area (Å²) >= 11 is 0. The molecule has 1 saturated heterocycles. The van der Waals surface area contributed by atoms with Crippen molar-refractivity contribution in [2.45, 2.75) is 31.5 Å². The number of hydrogen-bond donors (Lipinski definition) is 2. The van der Waals surface area contributed by atoms with E-state index in [0.717, 1.165) is 50.6 Å². The summed E-state index contributed by atoms with van der Waals surface area (Å²) in [6, 6.07) is 0.843. The van der Waals surface area contributed by atoms with E-state index in [1.54, 1.807) is 14.2 Å². The molecule has 1 aliphatic rings. The molecule has 0 atom stereocenters. The molecule has 1 fully saturated rings. The molecule has 12 heteroatoms. The molecule has 1 aromatic rings. The lowest BCUT2D eigenvalue weighted by molar-refractivity contribution is -0.141. The van der Waals surface area contributed by atoms with Gasteiger partial charge in [-0.3, -0.25) is 4.99 Å². The van der Waals surface area contributed by atoms with Crippen LogP contribution >= 0.6 is 24.0 Å². The maximum atomic E-state index is 12.7. The molecular formula is C18H30F3IN6O2. The largest absolute Gasteiger partial charge is 0.433 e. The normalized spacial score (nSPS) is 15.6. The summed E-state index contributed by atoms with van der Waals surface area (Å²) in [6.07, 6.45) is -0.414. The summed E-state index contributed by atoms with van der Waals surface area (Å²) < 4.78 is 48.9. The third-order valence-electron chi connectivity index (χ3n) is 4.44. The summed E-state index contributed by atoms with van der Waals surface area (Å²) in [6.45, 7) is 3.90. The standard InChI is InChI=1S/C18H29F3N6O2.HI/c1-22-17(27-10-5-14(6-11-27)29-13-3-12-28-2)25-9-8-24-16-23-7-4-15(26-16)18(19,20)21;/h4,7,14H,3,5-6,8-13H2,1-2H3,(H,22,25)(H,23,24,26);1H. The van der Waals surface area contributed by atoms with Crippen LogP contribution in [0.3, 0.4) is 0 Å². The van der Waals surface area contributed by atoms with Gasteiger partial charge in [0, 0.05) is 59.7 Å². The molecule has 0 saturated carbocycles. The fourth-order valence-corrected chi connectivity index (χ4v) is 2.97. The number of anilines is 1. The third kappa shape index (κ3) is 9.16. The van der Waals surface area contributed by atoms with E-state index < -0.39 is 11.9 Å². The lowest BCUT2D eigenvalue weighted by atomic mass is 10.1. The number of alkyl halides is 3.